The van der Waals surface area contributed by atoms with Gasteiger partial charge in [0, 0.05) is 47.5 Å². The van der Waals surface area contributed by atoms with E-state index in [0.29, 0.717) is 23.0 Å². The predicted molar refractivity (Wildman–Crippen MR) is 122 cm³/mol. The minimum Gasteiger partial charge on any atom is -0.321 e. The van der Waals surface area contributed by atoms with E-state index < -0.39 is 0 Å². The molecule has 3 aromatic rings. The fourth-order valence-electron chi connectivity index (χ4n) is 3.60. The molecule has 0 saturated heterocycles. The molecular weight excluding hydrogens is 402 g/mol. The summed E-state index contributed by atoms with van der Waals surface area (Å²) in [5.74, 6) is 0.412. The van der Waals surface area contributed by atoms with E-state index >= 15 is 0 Å². The van der Waals surface area contributed by atoms with Crippen molar-refractivity contribution in [3.05, 3.63) is 72.1 Å². The van der Waals surface area contributed by atoms with E-state index in [4.69, 9.17) is 10.8 Å². The maximum Gasteiger partial charge on any atom is 0.274 e. The van der Waals surface area contributed by atoms with E-state index in [1.54, 1.807) is 35.5 Å². The summed E-state index contributed by atoms with van der Waals surface area (Å²) < 4.78 is 0. The number of carbonyl (C=O) groups is 1. The van der Waals surface area contributed by atoms with Crippen molar-refractivity contribution < 1.29 is 4.79 Å². The maximum absolute atomic E-state index is 12.8. The lowest BCUT2D eigenvalue weighted by Gasteiger charge is -2.18. The molecule has 0 unspecified atom stereocenters. The molecule has 8 heteroatoms. The highest BCUT2D eigenvalue weighted by Crippen LogP contribution is 2.39. The van der Waals surface area contributed by atoms with Gasteiger partial charge in [-0.25, -0.2) is 0 Å². The van der Waals surface area contributed by atoms with Crippen molar-refractivity contribution in [3.8, 4) is 11.1 Å². The van der Waals surface area contributed by atoms with Crippen LogP contribution in [0.2, 0.25) is 0 Å². The third kappa shape index (κ3) is 4.25. The van der Waals surface area contributed by atoms with E-state index in [-0.39, 0.29) is 17.8 Å². The number of amidine groups is 1. The van der Waals surface area contributed by atoms with Crippen LogP contribution in [0.5, 0.6) is 0 Å². The number of aromatic nitrogens is 3. The van der Waals surface area contributed by atoms with Gasteiger partial charge in [-0.05, 0) is 61.6 Å². The number of rotatable bonds is 7. The Morgan fingerprint density at radius 3 is 2.44 bits per heavy atom. The highest BCUT2D eigenvalue weighted by molar-refractivity contribution is 6.05. The number of carbonyl (C=O) groups excluding carboxylic acids is 1. The molecule has 3 N–H and O–H groups in total. The van der Waals surface area contributed by atoms with Crippen molar-refractivity contribution in [2.24, 2.45) is 0 Å². The fourth-order valence-corrected chi connectivity index (χ4v) is 3.60. The van der Waals surface area contributed by atoms with Crippen LogP contribution >= 0.6 is 0 Å². The number of anilines is 1. The first kappa shape index (κ1) is 20.0. The summed E-state index contributed by atoms with van der Waals surface area (Å²) in [4.78, 5) is 27.4. The van der Waals surface area contributed by atoms with Gasteiger partial charge in [0.25, 0.3) is 5.91 Å². The van der Waals surface area contributed by atoms with Gasteiger partial charge in [0.05, 0.1) is 6.34 Å². The van der Waals surface area contributed by atoms with E-state index in [2.05, 4.69) is 26.3 Å². The molecule has 0 aromatic carbocycles. The Kier molecular flexibility index (Phi) is 5.18. The third-order valence-electron chi connectivity index (χ3n) is 5.71. The van der Waals surface area contributed by atoms with Gasteiger partial charge in [0.15, 0.2) is 5.84 Å². The summed E-state index contributed by atoms with van der Waals surface area (Å²) >= 11 is 0. The predicted octanol–water partition coefficient (Wildman–Crippen LogP) is 4.07. The topological polar surface area (TPSA) is 119 Å². The van der Waals surface area contributed by atoms with E-state index in [1.807, 2.05) is 18.3 Å². The molecule has 2 saturated carbocycles. The van der Waals surface area contributed by atoms with E-state index in [9.17, 15) is 4.79 Å². The van der Waals surface area contributed by atoms with Gasteiger partial charge in [-0.2, -0.15) is 0 Å². The molecule has 1 amide bonds. The van der Waals surface area contributed by atoms with Gasteiger partial charge >= 0.3 is 0 Å². The Balaban J connectivity index is 1.31. The average molecular weight is 425 g/mol. The van der Waals surface area contributed by atoms with Crippen molar-refractivity contribution in [2.75, 3.05) is 5.32 Å². The number of hydrogen-bond acceptors (Lipinski definition) is 6. The van der Waals surface area contributed by atoms with Gasteiger partial charge in [-0.3, -0.25) is 30.6 Å². The zero-order valence-electron chi connectivity index (χ0n) is 17.5. The largest absolute Gasteiger partial charge is 0.321 e. The molecule has 0 radical (unpaired) electrons. The molecule has 2 fully saturated rings. The molecule has 0 spiro atoms. The standard InChI is InChI=1S/C24H23N7O/c25-14-31(19-4-5-19)23(26)21-12-18(8-10-27-21)30-24(32)22-11-16(7-9-28-22)17-3-6-20(29-13-17)15-1-2-15/h3,6-15,19,25-26H,1-2,4-5H2,(H,27,30,32). The van der Waals surface area contributed by atoms with Crippen molar-refractivity contribution in [1.82, 2.24) is 19.9 Å². The number of pyridine rings is 3. The third-order valence-corrected chi connectivity index (χ3v) is 5.71. The smallest absolute Gasteiger partial charge is 0.274 e. The summed E-state index contributed by atoms with van der Waals surface area (Å²) in [6.07, 6.45) is 10.5. The highest BCUT2D eigenvalue weighted by Gasteiger charge is 2.30. The van der Waals surface area contributed by atoms with E-state index in [0.717, 1.165) is 36.0 Å². The average Bonchev–Trinajstić information content (AvgIpc) is 3.74. The minimum atomic E-state index is -0.343. The van der Waals surface area contributed by atoms with Gasteiger partial charge in [-0.1, -0.05) is 6.07 Å². The lowest BCUT2D eigenvalue weighted by Crippen LogP contribution is -2.32. The van der Waals surface area contributed by atoms with Gasteiger partial charge in [-0.15, -0.1) is 0 Å². The molecular formula is C24H23N7O. The zero-order valence-corrected chi connectivity index (χ0v) is 17.5. The van der Waals surface area contributed by atoms with Crippen molar-refractivity contribution in [3.63, 3.8) is 0 Å². The maximum atomic E-state index is 12.8. The summed E-state index contributed by atoms with van der Waals surface area (Å²) in [7, 11) is 0. The van der Waals surface area contributed by atoms with Crippen LogP contribution in [0.3, 0.4) is 0 Å². The molecule has 0 bridgehead atoms. The van der Waals surface area contributed by atoms with Crippen LogP contribution in [0.4, 0.5) is 5.69 Å². The van der Waals surface area contributed by atoms with Crippen LogP contribution in [-0.2, 0) is 0 Å². The highest BCUT2D eigenvalue weighted by atomic mass is 16.1. The van der Waals surface area contributed by atoms with Gasteiger partial charge in [0.2, 0.25) is 0 Å². The molecule has 2 aliphatic carbocycles. The fraction of sp³-hybridized carbons (Fsp3) is 0.250. The zero-order chi connectivity index (χ0) is 22.1. The molecule has 2 aliphatic rings. The van der Waals surface area contributed by atoms with Crippen molar-refractivity contribution in [1.29, 1.82) is 10.8 Å². The van der Waals surface area contributed by atoms with Gasteiger partial charge < -0.3 is 10.2 Å². The summed E-state index contributed by atoms with van der Waals surface area (Å²) in [6.45, 7) is 0. The van der Waals surface area contributed by atoms with Crippen LogP contribution in [0.15, 0.2) is 55.0 Å². The summed E-state index contributed by atoms with van der Waals surface area (Å²) in [6, 6.07) is 11.2. The second kappa shape index (κ2) is 8.30. The molecule has 3 aromatic heterocycles. The Morgan fingerprint density at radius 1 is 0.969 bits per heavy atom. The first-order chi connectivity index (χ1) is 15.6. The minimum absolute atomic E-state index is 0.154. The molecule has 0 atom stereocenters. The Hall–Kier alpha value is -3.94. The van der Waals surface area contributed by atoms with Gasteiger partial charge in [0.1, 0.15) is 11.4 Å². The monoisotopic (exact) mass is 425 g/mol. The molecule has 0 aliphatic heterocycles. The lowest BCUT2D eigenvalue weighted by molar-refractivity contribution is 0.102. The Labute approximate surface area is 185 Å². The van der Waals surface area contributed by atoms with Crippen molar-refractivity contribution >= 4 is 23.8 Å². The Bertz CT molecular complexity index is 1180. The van der Waals surface area contributed by atoms with Crippen LogP contribution in [0.25, 0.3) is 11.1 Å². The van der Waals surface area contributed by atoms with Crippen LogP contribution in [0.1, 0.15) is 53.5 Å². The second-order valence-corrected chi connectivity index (χ2v) is 8.18. The first-order valence-corrected chi connectivity index (χ1v) is 10.7. The van der Waals surface area contributed by atoms with Crippen LogP contribution in [-0.4, -0.2) is 44.0 Å². The molecule has 160 valence electrons. The SMILES string of the molecule is N=CN(C(=N)c1cc(NC(=O)c2cc(-c3ccc(C4CC4)nc3)ccn2)ccn1)C1CC1. The van der Waals surface area contributed by atoms with Crippen molar-refractivity contribution in [2.45, 2.75) is 37.6 Å². The number of nitrogens with one attached hydrogen (secondary N) is 3. The number of hydrogen-bond donors (Lipinski definition) is 3. The van der Waals surface area contributed by atoms with Crippen LogP contribution < -0.4 is 5.32 Å². The summed E-state index contributed by atoms with van der Waals surface area (Å²) in [5.41, 5.74) is 4.17. The lowest BCUT2D eigenvalue weighted by atomic mass is 10.1. The number of nitrogens with zero attached hydrogens (tertiary/aromatic N) is 4. The second-order valence-electron chi connectivity index (χ2n) is 8.18. The first-order valence-electron chi connectivity index (χ1n) is 10.7. The Morgan fingerprint density at radius 2 is 1.75 bits per heavy atom. The number of amides is 1. The molecule has 5 rings (SSSR count). The molecule has 3 heterocycles. The van der Waals surface area contributed by atoms with E-state index in [1.165, 1.54) is 12.8 Å². The quantitative estimate of drug-likeness (QED) is 0.389. The molecule has 8 nitrogen and oxygen atoms in total. The summed E-state index contributed by atoms with van der Waals surface area (Å²) in [5, 5.41) is 18.8. The van der Waals surface area contributed by atoms with Crippen LogP contribution in [0, 0.1) is 10.8 Å². The normalized spacial score (nSPS) is 15.1. The molecule has 32 heavy (non-hydrogen) atoms.